The molecular formula is C17H22N8O. The Balaban J connectivity index is 2.06. The number of rotatable bonds is 5. The smallest absolute Gasteiger partial charge is 0.140 e. The fourth-order valence-electron chi connectivity index (χ4n) is 3.96. The van der Waals surface area contributed by atoms with Gasteiger partial charge in [0, 0.05) is 0 Å². The van der Waals surface area contributed by atoms with Crippen molar-refractivity contribution in [2.45, 2.75) is 44.8 Å². The highest BCUT2D eigenvalue weighted by Crippen LogP contribution is 2.43. The SMILES string of the molecule is CC(C1CCCC1)C(C(O)c1n[nH]c(N)c1C#N)n1ncc(C#N)c1N. The Hall–Kier alpha value is -3.04. The zero-order valence-corrected chi connectivity index (χ0v) is 14.6. The number of H-pyrrole nitrogens is 1. The molecule has 9 heteroatoms. The van der Waals surface area contributed by atoms with Crippen molar-refractivity contribution in [3.8, 4) is 12.1 Å². The maximum Gasteiger partial charge on any atom is 0.140 e. The van der Waals surface area contributed by atoms with Crippen LogP contribution in [0.3, 0.4) is 0 Å². The van der Waals surface area contributed by atoms with Crippen molar-refractivity contribution in [3.05, 3.63) is 23.0 Å². The number of aromatic nitrogens is 4. The second kappa shape index (κ2) is 7.06. The second-order valence-corrected chi connectivity index (χ2v) is 6.85. The zero-order valence-electron chi connectivity index (χ0n) is 14.6. The molecule has 0 aliphatic heterocycles. The van der Waals surface area contributed by atoms with Gasteiger partial charge < -0.3 is 16.6 Å². The first-order chi connectivity index (χ1) is 12.5. The van der Waals surface area contributed by atoms with Gasteiger partial charge in [-0.05, 0) is 11.8 Å². The topological polar surface area (TPSA) is 166 Å². The van der Waals surface area contributed by atoms with E-state index >= 15 is 0 Å². The second-order valence-electron chi connectivity index (χ2n) is 6.85. The van der Waals surface area contributed by atoms with Gasteiger partial charge in [-0.25, -0.2) is 4.68 Å². The van der Waals surface area contributed by atoms with Crippen LogP contribution in [0, 0.1) is 34.5 Å². The molecule has 1 aliphatic carbocycles. The van der Waals surface area contributed by atoms with Crippen molar-refractivity contribution in [2.24, 2.45) is 11.8 Å². The van der Waals surface area contributed by atoms with Crippen LogP contribution in [-0.4, -0.2) is 25.1 Å². The largest absolute Gasteiger partial charge is 0.384 e. The van der Waals surface area contributed by atoms with E-state index in [9.17, 15) is 15.6 Å². The minimum absolute atomic E-state index is 0.0192. The lowest BCUT2D eigenvalue weighted by Crippen LogP contribution is -2.30. The molecule has 2 heterocycles. The first-order valence-electron chi connectivity index (χ1n) is 8.64. The van der Waals surface area contributed by atoms with Gasteiger partial charge in [0.2, 0.25) is 0 Å². The molecule has 136 valence electrons. The number of nitrogens with zero attached hydrogens (tertiary/aromatic N) is 5. The number of aromatic amines is 1. The number of hydrogen-bond acceptors (Lipinski definition) is 7. The minimum Gasteiger partial charge on any atom is -0.384 e. The molecule has 0 spiro atoms. The Labute approximate surface area is 151 Å². The van der Waals surface area contributed by atoms with Crippen LogP contribution in [0.4, 0.5) is 11.6 Å². The van der Waals surface area contributed by atoms with Crippen molar-refractivity contribution >= 4 is 11.6 Å². The molecule has 26 heavy (non-hydrogen) atoms. The number of aliphatic hydroxyl groups excluding tert-OH is 1. The predicted molar refractivity (Wildman–Crippen MR) is 94.2 cm³/mol. The summed E-state index contributed by atoms with van der Waals surface area (Å²) >= 11 is 0. The molecular weight excluding hydrogens is 332 g/mol. The standard InChI is InChI=1S/C17H22N8O/c1-9(10-4-2-3-5-10)14(25-17(21)11(6-18)8-22-25)15(26)13-12(7-19)16(20)24-23-13/h8-10,14-15,26H,2-5,21H2,1H3,(H3,20,23,24). The number of aliphatic hydroxyl groups is 1. The first kappa shape index (κ1) is 17.8. The normalized spacial score (nSPS) is 18.2. The Morgan fingerprint density at radius 1 is 1.31 bits per heavy atom. The summed E-state index contributed by atoms with van der Waals surface area (Å²) in [6.07, 6.45) is 4.67. The van der Waals surface area contributed by atoms with Crippen LogP contribution in [0.1, 0.15) is 61.6 Å². The molecule has 9 nitrogen and oxygen atoms in total. The Morgan fingerprint density at radius 3 is 2.58 bits per heavy atom. The third-order valence-corrected chi connectivity index (χ3v) is 5.46. The fourth-order valence-corrected chi connectivity index (χ4v) is 3.96. The van der Waals surface area contributed by atoms with Crippen LogP contribution < -0.4 is 11.5 Å². The lowest BCUT2D eigenvalue weighted by Gasteiger charge is -2.32. The highest BCUT2D eigenvalue weighted by atomic mass is 16.3. The van der Waals surface area contributed by atoms with Gasteiger partial charge in [-0.2, -0.15) is 20.7 Å². The summed E-state index contributed by atoms with van der Waals surface area (Å²) in [6.45, 7) is 2.04. The van der Waals surface area contributed by atoms with Gasteiger partial charge in [0.25, 0.3) is 0 Å². The summed E-state index contributed by atoms with van der Waals surface area (Å²) in [7, 11) is 0. The summed E-state index contributed by atoms with van der Waals surface area (Å²) in [5.74, 6) is 0.722. The number of nitrogens with one attached hydrogen (secondary N) is 1. The van der Waals surface area contributed by atoms with E-state index in [0.29, 0.717) is 5.92 Å². The predicted octanol–water partition coefficient (Wildman–Crippen LogP) is 1.61. The van der Waals surface area contributed by atoms with Gasteiger partial charge >= 0.3 is 0 Å². The number of anilines is 2. The van der Waals surface area contributed by atoms with E-state index < -0.39 is 12.1 Å². The summed E-state index contributed by atoms with van der Waals surface area (Å²) in [6, 6.07) is 3.42. The third-order valence-electron chi connectivity index (χ3n) is 5.46. The Morgan fingerprint density at radius 2 is 2.00 bits per heavy atom. The molecule has 1 fully saturated rings. The summed E-state index contributed by atoms with van der Waals surface area (Å²) in [5.41, 5.74) is 12.4. The fraction of sp³-hybridized carbons (Fsp3) is 0.529. The van der Waals surface area contributed by atoms with Crippen molar-refractivity contribution in [1.82, 2.24) is 20.0 Å². The number of hydrogen-bond donors (Lipinski definition) is 4. The number of nitriles is 2. The van der Waals surface area contributed by atoms with Gasteiger partial charge in [-0.1, -0.05) is 32.6 Å². The van der Waals surface area contributed by atoms with E-state index in [1.807, 2.05) is 19.1 Å². The van der Waals surface area contributed by atoms with Crippen LogP contribution in [0.5, 0.6) is 0 Å². The van der Waals surface area contributed by atoms with E-state index in [-0.39, 0.29) is 34.4 Å². The van der Waals surface area contributed by atoms with Gasteiger partial charge in [0.1, 0.15) is 46.7 Å². The molecule has 0 radical (unpaired) electrons. The molecule has 1 saturated carbocycles. The van der Waals surface area contributed by atoms with Gasteiger partial charge in [-0.3, -0.25) is 5.10 Å². The Kier molecular flexibility index (Phi) is 4.83. The highest BCUT2D eigenvalue weighted by Gasteiger charge is 2.38. The monoisotopic (exact) mass is 354 g/mol. The number of nitrogens with two attached hydrogens (primary N) is 2. The van der Waals surface area contributed by atoms with Crippen molar-refractivity contribution < 1.29 is 5.11 Å². The quantitative estimate of drug-likeness (QED) is 0.632. The molecule has 1 aliphatic rings. The average molecular weight is 354 g/mol. The van der Waals surface area contributed by atoms with Gasteiger partial charge in [-0.15, -0.1) is 0 Å². The van der Waals surface area contributed by atoms with E-state index in [4.69, 9.17) is 11.5 Å². The molecule has 2 aromatic heterocycles. The molecule has 6 N–H and O–H groups in total. The lowest BCUT2D eigenvalue weighted by atomic mass is 9.82. The van der Waals surface area contributed by atoms with E-state index in [1.165, 1.54) is 10.9 Å². The van der Waals surface area contributed by atoms with Crippen LogP contribution >= 0.6 is 0 Å². The Bertz CT molecular complexity index is 864. The van der Waals surface area contributed by atoms with Gasteiger partial charge in [0.15, 0.2) is 0 Å². The number of nitrogen functional groups attached to an aromatic ring is 2. The summed E-state index contributed by atoms with van der Waals surface area (Å²) < 4.78 is 1.48. The minimum atomic E-state index is -1.14. The third kappa shape index (κ3) is 2.87. The molecule has 3 atom stereocenters. The molecule has 3 rings (SSSR count). The lowest BCUT2D eigenvalue weighted by molar-refractivity contribution is 0.0545. The molecule has 0 saturated heterocycles. The molecule has 2 aromatic rings. The molecule has 0 bridgehead atoms. The van der Waals surface area contributed by atoms with Crippen molar-refractivity contribution in [2.75, 3.05) is 11.5 Å². The maximum atomic E-state index is 11.1. The van der Waals surface area contributed by atoms with E-state index in [1.54, 1.807) is 0 Å². The summed E-state index contributed by atoms with van der Waals surface area (Å²) in [4.78, 5) is 0. The van der Waals surface area contributed by atoms with Crippen LogP contribution in [0.2, 0.25) is 0 Å². The molecule has 3 unspecified atom stereocenters. The highest BCUT2D eigenvalue weighted by molar-refractivity contribution is 5.52. The first-order valence-corrected chi connectivity index (χ1v) is 8.64. The van der Waals surface area contributed by atoms with Crippen LogP contribution in [-0.2, 0) is 0 Å². The van der Waals surface area contributed by atoms with Crippen LogP contribution in [0.25, 0.3) is 0 Å². The molecule has 0 amide bonds. The summed E-state index contributed by atoms with van der Waals surface area (Å²) in [5, 5.41) is 40.5. The van der Waals surface area contributed by atoms with Crippen molar-refractivity contribution in [3.63, 3.8) is 0 Å². The zero-order chi connectivity index (χ0) is 18.8. The molecule has 0 aromatic carbocycles. The van der Waals surface area contributed by atoms with Crippen LogP contribution in [0.15, 0.2) is 6.20 Å². The van der Waals surface area contributed by atoms with Gasteiger partial charge in [0.05, 0.1) is 12.2 Å². The maximum absolute atomic E-state index is 11.1. The van der Waals surface area contributed by atoms with E-state index in [0.717, 1.165) is 25.7 Å². The van der Waals surface area contributed by atoms with E-state index in [2.05, 4.69) is 15.3 Å². The average Bonchev–Trinajstić information content (AvgIpc) is 3.36. The van der Waals surface area contributed by atoms with Crippen molar-refractivity contribution in [1.29, 1.82) is 10.5 Å².